The van der Waals surface area contributed by atoms with E-state index in [1.54, 1.807) is 11.3 Å². The summed E-state index contributed by atoms with van der Waals surface area (Å²) in [5.41, 5.74) is 8.71. The third-order valence-corrected chi connectivity index (χ3v) is 5.81. The molecule has 29 heavy (non-hydrogen) atoms. The van der Waals surface area contributed by atoms with Crippen LogP contribution in [-0.4, -0.2) is 15.8 Å². The number of benzene rings is 3. The summed E-state index contributed by atoms with van der Waals surface area (Å²) in [5, 5.41) is 9.75. The molecule has 2 heterocycles. The van der Waals surface area contributed by atoms with Gasteiger partial charge in [0, 0.05) is 39.3 Å². The van der Waals surface area contributed by atoms with E-state index in [4.69, 9.17) is 0 Å². The third-order valence-electron chi connectivity index (χ3n) is 5.06. The van der Waals surface area contributed by atoms with Crippen LogP contribution in [0.5, 0.6) is 0 Å². The fourth-order valence-corrected chi connectivity index (χ4v) is 4.39. The summed E-state index contributed by atoms with van der Waals surface area (Å²) < 4.78 is 2.35. The van der Waals surface area contributed by atoms with Gasteiger partial charge in [-0.15, -0.1) is 11.3 Å². The quantitative estimate of drug-likeness (QED) is 0.276. The Hall–Kier alpha value is -3.44. The summed E-state index contributed by atoms with van der Waals surface area (Å²) in [6.45, 7) is 3.13. The predicted octanol–water partition coefficient (Wildman–Crippen LogP) is 6.38. The van der Waals surface area contributed by atoms with Gasteiger partial charge in [0.2, 0.25) is 5.13 Å². The summed E-state index contributed by atoms with van der Waals surface area (Å²) >= 11 is 1.55. The van der Waals surface area contributed by atoms with E-state index in [0.29, 0.717) is 0 Å². The van der Waals surface area contributed by atoms with Crippen LogP contribution in [-0.2, 0) is 6.54 Å². The maximum Gasteiger partial charge on any atom is 0.203 e. The van der Waals surface area contributed by atoms with Gasteiger partial charge in [0.25, 0.3) is 0 Å². The first-order valence-electron chi connectivity index (χ1n) is 9.64. The van der Waals surface area contributed by atoms with Crippen molar-refractivity contribution in [3.8, 4) is 11.3 Å². The molecule has 0 saturated heterocycles. The summed E-state index contributed by atoms with van der Waals surface area (Å²) in [7, 11) is 0. The van der Waals surface area contributed by atoms with E-state index in [1.807, 2.05) is 29.8 Å². The standard InChI is InChI=1S/C24H20N4S/c1-2-28-22-11-7-6-10-19(22)20-14-17(12-13-23(20)28)15-25-27-24-26-21(16-29-24)18-8-4-3-5-9-18/h3-16H,2H2,1H3,(H,26,27)/b25-15-. The van der Waals surface area contributed by atoms with Crippen molar-refractivity contribution in [2.24, 2.45) is 5.10 Å². The molecule has 5 aromatic rings. The van der Waals surface area contributed by atoms with E-state index >= 15 is 0 Å². The van der Waals surface area contributed by atoms with Gasteiger partial charge in [-0.25, -0.2) is 4.98 Å². The molecule has 5 rings (SSSR count). The van der Waals surface area contributed by atoms with Gasteiger partial charge in [-0.2, -0.15) is 5.10 Å². The van der Waals surface area contributed by atoms with Crippen molar-refractivity contribution in [3.05, 3.63) is 83.7 Å². The Morgan fingerprint density at radius 2 is 1.76 bits per heavy atom. The minimum atomic E-state index is 0.781. The molecule has 0 aliphatic carbocycles. The first-order valence-corrected chi connectivity index (χ1v) is 10.5. The first kappa shape index (κ1) is 17.6. The highest BCUT2D eigenvalue weighted by Crippen LogP contribution is 2.29. The van der Waals surface area contributed by atoms with Crippen molar-refractivity contribution >= 4 is 44.5 Å². The Balaban J connectivity index is 1.40. The molecule has 0 radical (unpaired) electrons. The molecular weight excluding hydrogens is 376 g/mol. The lowest BCUT2D eigenvalue weighted by atomic mass is 10.1. The van der Waals surface area contributed by atoms with Gasteiger partial charge >= 0.3 is 0 Å². The van der Waals surface area contributed by atoms with Crippen molar-refractivity contribution in [2.75, 3.05) is 5.43 Å². The predicted molar refractivity (Wildman–Crippen MR) is 124 cm³/mol. The van der Waals surface area contributed by atoms with Crippen LogP contribution in [0.15, 0.2) is 83.3 Å². The lowest BCUT2D eigenvalue weighted by molar-refractivity contribution is 0.827. The molecule has 0 aliphatic heterocycles. The van der Waals surface area contributed by atoms with Crippen molar-refractivity contribution in [1.82, 2.24) is 9.55 Å². The minimum Gasteiger partial charge on any atom is -0.341 e. The van der Waals surface area contributed by atoms with Crippen molar-refractivity contribution in [2.45, 2.75) is 13.5 Å². The highest BCUT2D eigenvalue weighted by molar-refractivity contribution is 7.14. The van der Waals surface area contributed by atoms with Gasteiger partial charge in [-0.1, -0.05) is 54.6 Å². The zero-order chi connectivity index (χ0) is 19.6. The van der Waals surface area contributed by atoms with Gasteiger partial charge in [0.05, 0.1) is 11.9 Å². The molecule has 0 unspecified atom stereocenters. The van der Waals surface area contributed by atoms with Crippen molar-refractivity contribution < 1.29 is 0 Å². The van der Waals surface area contributed by atoms with E-state index in [2.05, 4.69) is 81.6 Å². The summed E-state index contributed by atoms with van der Waals surface area (Å²) in [5.74, 6) is 0. The Morgan fingerprint density at radius 3 is 2.62 bits per heavy atom. The summed E-state index contributed by atoms with van der Waals surface area (Å²) in [6, 6.07) is 25.2. The highest BCUT2D eigenvalue weighted by Gasteiger charge is 2.09. The molecule has 142 valence electrons. The van der Waals surface area contributed by atoms with Crippen LogP contribution in [0.25, 0.3) is 33.1 Å². The molecule has 0 atom stereocenters. The van der Waals surface area contributed by atoms with Crippen LogP contribution in [0.1, 0.15) is 12.5 Å². The Kier molecular flexibility index (Phi) is 4.58. The number of nitrogens with zero attached hydrogens (tertiary/aromatic N) is 3. The number of thiazole rings is 1. The fraction of sp³-hybridized carbons (Fsp3) is 0.0833. The van der Waals surface area contributed by atoms with Gasteiger partial charge in [-0.3, -0.25) is 5.43 Å². The number of anilines is 1. The number of hydrogen-bond donors (Lipinski definition) is 1. The second-order valence-corrected chi connectivity index (χ2v) is 7.67. The SMILES string of the molecule is CCn1c2ccccc2c2cc(/C=N\Nc3nc(-c4ccccc4)cs3)ccc21. The van der Waals surface area contributed by atoms with Crippen LogP contribution in [0.2, 0.25) is 0 Å². The molecule has 0 amide bonds. The normalized spacial score (nSPS) is 11.6. The van der Waals surface area contributed by atoms with Crippen molar-refractivity contribution in [1.29, 1.82) is 0 Å². The molecule has 0 fully saturated rings. The number of aryl methyl sites for hydroxylation is 1. The Labute approximate surface area is 173 Å². The molecule has 0 saturated carbocycles. The molecule has 3 aromatic carbocycles. The molecule has 0 spiro atoms. The first-order chi connectivity index (χ1) is 14.3. The number of rotatable bonds is 5. The second kappa shape index (κ2) is 7.53. The van der Waals surface area contributed by atoms with Crippen LogP contribution >= 0.6 is 11.3 Å². The van der Waals surface area contributed by atoms with E-state index < -0.39 is 0 Å². The number of fused-ring (bicyclic) bond motifs is 3. The molecule has 1 N–H and O–H groups in total. The highest BCUT2D eigenvalue weighted by atomic mass is 32.1. The van der Waals surface area contributed by atoms with E-state index in [-0.39, 0.29) is 0 Å². The molecule has 0 bridgehead atoms. The Morgan fingerprint density at radius 1 is 0.966 bits per heavy atom. The zero-order valence-electron chi connectivity index (χ0n) is 16.0. The maximum absolute atomic E-state index is 4.61. The largest absolute Gasteiger partial charge is 0.341 e. The van der Waals surface area contributed by atoms with Crippen LogP contribution < -0.4 is 5.43 Å². The smallest absolute Gasteiger partial charge is 0.203 e. The molecule has 4 nitrogen and oxygen atoms in total. The van der Waals surface area contributed by atoms with E-state index in [1.165, 1.54) is 21.8 Å². The fourth-order valence-electron chi connectivity index (χ4n) is 3.72. The summed E-state index contributed by atoms with van der Waals surface area (Å²) in [6.07, 6.45) is 1.85. The molecule has 2 aromatic heterocycles. The molecule has 5 heteroatoms. The lowest BCUT2D eigenvalue weighted by Gasteiger charge is -2.02. The van der Waals surface area contributed by atoms with Gasteiger partial charge in [0.15, 0.2) is 0 Å². The minimum absolute atomic E-state index is 0.781. The van der Waals surface area contributed by atoms with Gasteiger partial charge in [-0.05, 0) is 30.7 Å². The molecular formula is C24H20N4S. The number of para-hydroxylation sites is 1. The average molecular weight is 397 g/mol. The third kappa shape index (κ3) is 3.30. The zero-order valence-corrected chi connectivity index (χ0v) is 16.9. The average Bonchev–Trinajstić information content (AvgIpc) is 3.37. The van der Waals surface area contributed by atoms with Gasteiger partial charge in [0.1, 0.15) is 0 Å². The maximum atomic E-state index is 4.61. The van der Waals surface area contributed by atoms with Crippen molar-refractivity contribution in [3.63, 3.8) is 0 Å². The van der Waals surface area contributed by atoms with Crippen LogP contribution in [0.4, 0.5) is 5.13 Å². The van der Waals surface area contributed by atoms with E-state index in [0.717, 1.165) is 28.5 Å². The topological polar surface area (TPSA) is 42.2 Å². The molecule has 0 aliphatic rings. The summed E-state index contributed by atoms with van der Waals surface area (Å²) in [4.78, 5) is 4.61. The van der Waals surface area contributed by atoms with Crippen LogP contribution in [0.3, 0.4) is 0 Å². The number of hydrazone groups is 1. The Bertz CT molecular complexity index is 1320. The lowest BCUT2D eigenvalue weighted by Crippen LogP contribution is -1.93. The monoisotopic (exact) mass is 396 g/mol. The van der Waals surface area contributed by atoms with Gasteiger partial charge < -0.3 is 4.57 Å². The number of nitrogens with one attached hydrogen (secondary N) is 1. The number of aromatic nitrogens is 2. The van der Waals surface area contributed by atoms with Crippen LogP contribution in [0, 0.1) is 0 Å². The van der Waals surface area contributed by atoms with E-state index in [9.17, 15) is 0 Å². The second-order valence-electron chi connectivity index (χ2n) is 6.81. The number of hydrogen-bond acceptors (Lipinski definition) is 4.